The van der Waals surface area contributed by atoms with Gasteiger partial charge < -0.3 is 10.2 Å². The van der Waals surface area contributed by atoms with Crippen molar-refractivity contribution in [2.75, 3.05) is 44.2 Å². The summed E-state index contributed by atoms with van der Waals surface area (Å²) >= 11 is 0. The molecule has 2 heterocycles. The Hall–Kier alpha value is -2.70. The minimum Gasteiger partial charge on any atom is -0.328 e. The maximum atomic E-state index is 11.8. The quantitative estimate of drug-likeness (QED) is 0.779. The van der Waals surface area contributed by atoms with Crippen LogP contribution in [0.3, 0.4) is 0 Å². The van der Waals surface area contributed by atoms with Gasteiger partial charge in [0.15, 0.2) is 0 Å². The molecule has 6 nitrogen and oxygen atoms in total. The zero-order valence-electron chi connectivity index (χ0n) is 17.2. The highest BCUT2D eigenvalue weighted by atomic mass is 16.2. The second-order valence-electron chi connectivity index (χ2n) is 8.44. The van der Waals surface area contributed by atoms with Crippen LogP contribution in [0.5, 0.6) is 0 Å². The molecule has 2 aromatic rings. The van der Waals surface area contributed by atoms with Gasteiger partial charge in [-0.15, -0.1) is 0 Å². The summed E-state index contributed by atoms with van der Waals surface area (Å²) in [7, 11) is 0. The molecule has 0 bridgehead atoms. The number of hydrogen-bond donors (Lipinski definition) is 1. The molecule has 156 valence electrons. The lowest BCUT2D eigenvalue weighted by Crippen LogP contribution is -2.47. The summed E-state index contributed by atoms with van der Waals surface area (Å²) in [4.78, 5) is 30.0. The maximum Gasteiger partial charge on any atom is 0.329 e. The molecule has 1 atom stereocenters. The van der Waals surface area contributed by atoms with Gasteiger partial charge in [-0.2, -0.15) is 0 Å². The number of hydrogen-bond acceptors (Lipinski definition) is 4. The Bertz CT molecular complexity index is 918. The summed E-state index contributed by atoms with van der Waals surface area (Å²) < 4.78 is 0. The molecule has 6 heteroatoms. The van der Waals surface area contributed by atoms with Gasteiger partial charge in [0.05, 0.1) is 12.2 Å². The first-order valence-electron chi connectivity index (χ1n) is 10.9. The number of carbonyl (C=O) groups excluding carboxylic acids is 2. The molecule has 3 aliphatic rings. The number of anilines is 1. The number of piperazine rings is 1. The van der Waals surface area contributed by atoms with Crippen molar-refractivity contribution in [3.8, 4) is 0 Å². The fourth-order valence-corrected chi connectivity index (χ4v) is 5.00. The molecule has 3 amide bonds. The molecule has 0 saturated carbocycles. The molecule has 1 aliphatic carbocycles. The highest BCUT2D eigenvalue weighted by Gasteiger charge is 2.31. The first-order chi connectivity index (χ1) is 14.7. The van der Waals surface area contributed by atoms with Gasteiger partial charge in [-0.05, 0) is 48.1 Å². The first kappa shape index (κ1) is 19.3. The topological polar surface area (TPSA) is 55.9 Å². The van der Waals surface area contributed by atoms with Gasteiger partial charge in [0.2, 0.25) is 0 Å². The number of imide groups is 1. The predicted molar refractivity (Wildman–Crippen MR) is 117 cm³/mol. The third kappa shape index (κ3) is 3.73. The molecule has 1 unspecified atom stereocenters. The van der Waals surface area contributed by atoms with E-state index in [2.05, 4.69) is 39.4 Å². The Morgan fingerprint density at radius 2 is 1.70 bits per heavy atom. The van der Waals surface area contributed by atoms with Crippen molar-refractivity contribution in [2.45, 2.75) is 25.3 Å². The molecule has 1 N–H and O–H groups in total. The maximum absolute atomic E-state index is 11.8. The van der Waals surface area contributed by atoms with Gasteiger partial charge in [0.1, 0.15) is 0 Å². The molecule has 2 aromatic carbocycles. The second kappa shape index (κ2) is 8.20. The predicted octanol–water partition coefficient (Wildman–Crippen LogP) is 2.59. The summed E-state index contributed by atoms with van der Waals surface area (Å²) in [6.07, 6.45) is 3.44. The highest BCUT2D eigenvalue weighted by Crippen LogP contribution is 2.35. The molecule has 30 heavy (non-hydrogen) atoms. The lowest BCUT2D eigenvalue weighted by molar-refractivity contribution is -0.115. The van der Waals surface area contributed by atoms with Crippen LogP contribution >= 0.6 is 0 Å². The summed E-state index contributed by atoms with van der Waals surface area (Å²) in [6.45, 7) is 5.60. The van der Waals surface area contributed by atoms with E-state index in [-0.39, 0.29) is 18.5 Å². The van der Waals surface area contributed by atoms with Crippen LogP contribution in [0.2, 0.25) is 0 Å². The van der Waals surface area contributed by atoms with Crippen LogP contribution in [0.25, 0.3) is 0 Å². The third-order valence-corrected chi connectivity index (χ3v) is 6.70. The number of rotatable bonds is 5. The molecule has 2 aliphatic heterocycles. The van der Waals surface area contributed by atoms with Crippen molar-refractivity contribution in [3.63, 3.8) is 0 Å². The summed E-state index contributed by atoms with van der Waals surface area (Å²) in [6, 6.07) is 17.0. The molecule has 2 fully saturated rings. The minimum absolute atomic E-state index is 0.0823. The highest BCUT2D eigenvalue weighted by molar-refractivity contribution is 6.19. The van der Waals surface area contributed by atoms with Gasteiger partial charge in [0.25, 0.3) is 5.91 Å². The molecule has 0 spiro atoms. The summed E-state index contributed by atoms with van der Waals surface area (Å²) in [5, 5.41) is 2.56. The largest absolute Gasteiger partial charge is 0.329 e. The van der Waals surface area contributed by atoms with Crippen LogP contribution in [-0.2, 0) is 17.6 Å². The van der Waals surface area contributed by atoms with E-state index in [1.54, 1.807) is 0 Å². The number of carbonyl (C=O) groups is 2. The van der Waals surface area contributed by atoms with Gasteiger partial charge in [0, 0.05) is 38.8 Å². The van der Waals surface area contributed by atoms with Crippen LogP contribution < -0.4 is 10.2 Å². The summed E-state index contributed by atoms with van der Waals surface area (Å²) in [5.41, 5.74) is 4.94. The van der Waals surface area contributed by atoms with Crippen LogP contribution in [0, 0.1) is 0 Å². The van der Waals surface area contributed by atoms with Crippen molar-refractivity contribution in [1.82, 2.24) is 15.1 Å². The van der Waals surface area contributed by atoms with E-state index >= 15 is 0 Å². The van der Waals surface area contributed by atoms with Crippen LogP contribution in [0.4, 0.5) is 10.5 Å². The van der Waals surface area contributed by atoms with E-state index in [1.165, 1.54) is 34.4 Å². The van der Waals surface area contributed by atoms with Gasteiger partial charge in [-0.1, -0.05) is 36.4 Å². The van der Waals surface area contributed by atoms with Crippen molar-refractivity contribution in [2.24, 2.45) is 0 Å². The van der Waals surface area contributed by atoms with E-state index in [0.717, 1.165) is 39.1 Å². The molecule has 5 rings (SSSR count). The number of aryl methyl sites for hydroxylation is 1. The Labute approximate surface area is 177 Å². The van der Waals surface area contributed by atoms with Gasteiger partial charge in [-0.3, -0.25) is 9.69 Å². The number of nitrogens with zero attached hydrogens (tertiary/aromatic N) is 3. The lowest BCUT2D eigenvalue weighted by atomic mass is 10.1. The molecule has 2 saturated heterocycles. The SMILES string of the molecule is O=C1CNC(=O)N1c1ccc(CCN2CCN(C3CCc4ccccc43)CC2)cc1. The molecule has 0 radical (unpaired) electrons. The summed E-state index contributed by atoms with van der Waals surface area (Å²) in [5.74, 6) is -0.199. The zero-order chi connectivity index (χ0) is 20.5. The number of fused-ring (bicyclic) bond motifs is 1. The average molecular weight is 405 g/mol. The Kier molecular flexibility index (Phi) is 5.27. The number of amides is 3. The first-order valence-corrected chi connectivity index (χ1v) is 10.9. The Morgan fingerprint density at radius 3 is 2.43 bits per heavy atom. The van der Waals surface area contributed by atoms with Gasteiger partial charge >= 0.3 is 6.03 Å². The number of benzene rings is 2. The zero-order valence-corrected chi connectivity index (χ0v) is 17.2. The van der Waals surface area contributed by atoms with Crippen LogP contribution in [-0.4, -0.2) is 61.0 Å². The van der Waals surface area contributed by atoms with Crippen LogP contribution in [0.1, 0.15) is 29.2 Å². The third-order valence-electron chi connectivity index (χ3n) is 6.70. The lowest BCUT2D eigenvalue weighted by Gasteiger charge is -2.38. The monoisotopic (exact) mass is 404 g/mol. The van der Waals surface area contributed by atoms with E-state index in [4.69, 9.17) is 0 Å². The normalized spacial score (nSPS) is 22.4. The van der Waals surface area contributed by atoms with Crippen LogP contribution in [0.15, 0.2) is 48.5 Å². The standard InChI is InChI=1S/C24H28N4O2/c29-23-17-25-24(30)28(23)20-8-5-18(6-9-20)11-12-26-13-15-27(16-14-26)22-10-7-19-3-1-2-4-21(19)22/h1-6,8-9,22H,7,10-17H2,(H,25,30). The molecular weight excluding hydrogens is 376 g/mol. The number of nitrogens with one attached hydrogen (secondary N) is 1. The van der Waals surface area contributed by atoms with Crippen molar-refractivity contribution < 1.29 is 9.59 Å². The Balaban J connectivity index is 1.12. The second-order valence-corrected chi connectivity index (χ2v) is 8.44. The average Bonchev–Trinajstić information content (AvgIpc) is 3.36. The van der Waals surface area contributed by atoms with Crippen molar-refractivity contribution >= 4 is 17.6 Å². The van der Waals surface area contributed by atoms with E-state index in [1.807, 2.05) is 24.3 Å². The van der Waals surface area contributed by atoms with Crippen molar-refractivity contribution in [3.05, 3.63) is 65.2 Å². The minimum atomic E-state index is -0.337. The van der Waals surface area contributed by atoms with Crippen molar-refractivity contribution in [1.29, 1.82) is 0 Å². The van der Waals surface area contributed by atoms with Gasteiger partial charge in [-0.25, -0.2) is 9.69 Å². The fourth-order valence-electron chi connectivity index (χ4n) is 5.00. The number of urea groups is 1. The fraction of sp³-hybridized carbons (Fsp3) is 0.417. The molecular formula is C24H28N4O2. The smallest absolute Gasteiger partial charge is 0.328 e. The van der Waals surface area contributed by atoms with E-state index in [0.29, 0.717) is 11.7 Å². The van der Waals surface area contributed by atoms with E-state index in [9.17, 15) is 9.59 Å². The van der Waals surface area contributed by atoms with E-state index < -0.39 is 0 Å². The molecule has 0 aromatic heterocycles. The Morgan fingerprint density at radius 1 is 0.933 bits per heavy atom.